The Kier molecular flexibility index (Phi) is 3.80. The Morgan fingerprint density at radius 2 is 1.96 bits per heavy atom. The number of aromatic carboxylic acids is 1. The molecule has 3 aromatic heterocycles. The van der Waals surface area contributed by atoms with Gasteiger partial charge in [-0.05, 0) is 48.5 Å². The lowest BCUT2D eigenvalue weighted by Gasteiger charge is -2.09. The zero-order valence-corrected chi connectivity index (χ0v) is 15.4. The fourth-order valence-corrected chi connectivity index (χ4v) is 4.12. The minimum atomic E-state index is -1.05. The molecule has 0 aliphatic heterocycles. The van der Waals surface area contributed by atoms with Crippen molar-refractivity contribution in [3.8, 4) is 5.69 Å². The smallest absolute Gasteiger partial charge is 0.356 e. The normalized spacial score (nSPS) is 11.1. The van der Waals surface area contributed by atoms with Gasteiger partial charge in [0.05, 0.1) is 21.4 Å². The molecule has 0 saturated heterocycles. The molecule has 3 heterocycles. The number of aromatic nitrogens is 3. The first-order chi connectivity index (χ1) is 13.7. The van der Waals surface area contributed by atoms with Crippen molar-refractivity contribution in [1.82, 2.24) is 14.5 Å². The number of nitrogens with one attached hydrogen (secondary N) is 1. The van der Waals surface area contributed by atoms with Crippen LogP contribution in [-0.2, 0) is 0 Å². The number of pyridine rings is 1. The summed E-state index contributed by atoms with van der Waals surface area (Å²) in [6.07, 6.45) is 3.34. The highest BCUT2D eigenvalue weighted by molar-refractivity contribution is 7.22. The Morgan fingerprint density at radius 1 is 1.07 bits per heavy atom. The van der Waals surface area contributed by atoms with E-state index in [2.05, 4.69) is 21.4 Å². The molecule has 0 spiro atoms. The second-order valence-electron chi connectivity index (χ2n) is 6.25. The number of hydrogen-bond acceptors (Lipinski definition) is 5. The molecule has 0 aliphatic carbocycles. The van der Waals surface area contributed by atoms with Crippen molar-refractivity contribution in [2.24, 2.45) is 0 Å². The first-order valence-corrected chi connectivity index (χ1v) is 9.43. The number of rotatable bonds is 4. The van der Waals surface area contributed by atoms with Crippen LogP contribution in [0.1, 0.15) is 10.5 Å². The van der Waals surface area contributed by atoms with Crippen LogP contribution in [0.2, 0.25) is 0 Å². The minimum absolute atomic E-state index is 0.0247. The third kappa shape index (κ3) is 2.78. The van der Waals surface area contributed by atoms with Gasteiger partial charge in [-0.3, -0.25) is 0 Å². The van der Waals surface area contributed by atoms with Crippen LogP contribution in [-0.4, -0.2) is 25.6 Å². The zero-order chi connectivity index (χ0) is 19.1. The van der Waals surface area contributed by atoms with Crippen LogP contribution < -0.4 is 5.32 Å². The largest absolute Gasteiger partial charge is 0.476 e. The van der Waals surface area contributed by atoms with E-state index in [0.717, 1.165) is 31.9 Å². The number of fused-ring (bicyclic) bond motifs is 2. The topological polar surface area (TPSA) is 80.0 Å². The molecule has 7 heteroatoms. The SMILES string of the molecule is O=C(O)c1ncccc1-n1ccc2cc(Nc3nc4ccccc4s3)ccc21. The van der Waals surface area contributed by atoms with E-state index in [0.29, 0.717) is 5.69 Å². The Morgan fingerprint density at radius 3 is 2.82 bits per heavy atom. The molecule has 136 valence electrons. The molecule has 0 aliphatic rings. The van der Waals surface area contributed by atoms with Crippen molar-refractivity contribution in [1.29, 1.82) is 0 Å². The van der Waals surface area contributed by atoms with E-state index in [-0.39, 0.29) is 5.69 Å². The van der Waals surface area contributed by atoms with Gasteiger partial charge in [-0.15, -0.1) is 0 Å². The van der Waals surface area contributed by atoms with Gasteiger partial charge in [0.15, 0.2) is 10.8 Å². The Hall–Kier alpha value is -3.71. The quantitative estimate of drug-likeness (QED) is 0.450. The predicted molar refractivity (Wildman–Crippen MR) is 111 cm³/mol. The molecule has 0 bridgehead atoms. The van der Waals surface area contributed by atoms with E-state index in [4.69, 9.17) is 0 Å². The van der Waals surface area contributed by atoms with Crippen molar-refractivity contribution >= 4 is 49.2 Å². The van der Waals surface area contributed by atoms with Gasteiger partial charge in [0.1, 0.15) is 0 Å². The van der Waals surface area contributed by atoms with Crippen molar-refractivity contribution in [3.05, 3.63) is 78.8 Å². The molecule has 0 unspecified atom stereocenters. The second kappa shape index (κ2) is 6.47. The third-order valence-corrected chi connectivity index (χ3v) is 5.44. The molecule has 5 aromatic rings. The van der Waals surface area contributed by atoms with Gasteiger partial charge in [-0.25, -0.2) is 14.8 Å². The van der Waals surface area contributed by atoms with E-state index >= 15 is 0 Å². The monoisotopic (exact) mass is 386 g/mol. The van der Waals surface area contributed by atoms with E-state index < -0.39 is 5.97 Å². The van der Waals surface area contributed by atoms with Crippen LogP contribution in [0.15, 0.2) is 73.1 Å². The van der Waals surface area contributed by atoms with Gasteiger partial charge in [-0.2, -0.15) is 0 Å². The third-order valence-electron chi connectivity index (χ3n) is 4.48. The molecule has 5 rings (SSSR count). The highest BCUT2D eigenvalue weighted by atomic mass is 32.1. The summed E-state index contributed by atoms with van der Waals surface area (Å²) in [6.45, 7) is 0. The standard InChI is InChI=1S/C21H14N4O2S/c26-20(27)19-17(5-3-10-22-19)25-11-9-13-12-14(7-8-16(13)25)23-21-24-15-4-1-2-6-18(15)28-21/h1-12H,(H,23,24)(H,26,27). The van der Waals surface area contributed by atoms with E-state index in [9.17, 15) is 9.90 Å². The summed E-state index contributed by atoms with van der Waals surface area (Å²) in [7, 11) is 0. The summed E-state index contributed by atoms with van der Waals surface area (Å²) in [5.74, 6) is -1.05. The van der Waals surface area contributed by atoms with Crippen molar-refractivity contribution in [2.75, 3.05) is 5.32 Å². The summed E-state index contributed by atoms with van der Waals surface area (Å²) < 4.78 is 2.97. The molecule has 2 aromatic carbocycles. The molecular weight excluding hydrogens is 372 g/mol. The van der Waals surface area contributed by atoms with E-state index in [1.165, 1.54) is 6.20 Å². The van der Waals surface area contributed by atoms with Gasteiger partial charge in [-0.1, -0.05) is 23.5 Å². The number of carboxylic acid groups (broad SMARTS) is 1. The number of para-hydroxylation sites is 1. The number of carboxylic acids is 1. The zero-order valence-electron chi connectivity index (χ0n) is 14.5. The van der Waals surface area contributed by atoms with Crippen LogP contribution >= 0.6 is 11.3 Å². The van der Waals surface area contributed by atoms with Gasteiger partial charge in [0.25, 0.3) is 0 Å². The first-order valence-electron chi connectivity index (χ1n) is 8.61. The highest BCUT2D eigenvalue weighted by Gasteiger charge is 2.14. The first kappa shape index (κ1) is 16.5. The predicted octanol–water partition coefficient (Wildman–Crippen LogP) is 5.08. The van der Waals surface area contributed by atoms with Gasteiger partial charge in [0, 0.05) is 23.5 Å². The molecule has 0 atom stereocenters. The second-order valence-corrected chi connectivity index (χ2v) is 7.28. The summed E-state index contributed by atoms with van der Waals surface area (Å²) in [5.41, 5.74) is 3.37. The molecule has 6 nitrogen and oxygen atoms in total. The molecule has 2 N–H and O–H groups in total. The Bertz CT molecular complexity index is 1310. The lowest BCUT2D eigenvalue weighted by Crippen LogP contribution is -2.07. The average Bonchev–Trinajstić information content (AvgIpc) is 3.31. The number of carbonyl (C=O) groups is 1. The fourth-order valence-electron chi connectivity index (χ4n) is 3.24. The molecule has 0 radical (unpaired) electrons. The number of anilines is 2. The molecular formula is C21H14N4O2S. The molecule has 0 saturated carbocycles. The molecule has 0 amide bonds. The Labute approximate surface area is 163 Å². The van der Waals surface area contributed by atoms with Crippen molar-refractivity contribution < 1.29 is 9.90 Å². The summed E-state index contributed by atoms with van der Waals surface area (Å²) in [5, 5.41) is 14.6. The van der Waals surface area contributed by atoms with Gasteiger partial charge >= 0.3 is 5.97 Å². The summed E-state index contributed by atoms with van der Waals surface area (Å²) >= 11 is 1.60. The minimum Gasteiger partial charge on any atom is -0.476 e. The lowest BCUT2D eigenvalue weighted by molar-refractivity contribution is 0.0690. The van der Waals surface area contributed by atoms with Gasteiger partial charge < -0.3 is 15.0 Å². The number of hydrogen-bond donors (Lipinski definition) is 2. The van der Waals surface area contributed by atoms with E-state index in [1.807, 2.05) is 53.2 Å². The van der Waals surface area contributed by atoms with Crippen molar-refractivity contribution in [2.45, 2.75) is 0 Å². The van der Waals surface area contributed by atoms with Crippen LogP contribution in [0.3, 0.4) is 0 Å². The van der Waals surface area contributed by atoms with Crippen molar-refractivity contribution in [3.63, 3.8) is 0 Å². The Balaban J connectivity index is 1.52. The van der Waals surface area contributed by atoms with Crippen LogP contribution in [0.25, 0.3) is 26.8 Å². The number of nitrogens with zero attached hydrogens (tertiary/aromatic N) is 3. The van der Waals surface area contributed by atoms with Crippen LogP contribution in [0, 0.1) is 0 Å². The molecule has 0 fully saturated rings. The fraction of sp³-hybridized carbons (Fsp3) is 0. The average molecular weight is 386 g/mol. The molecule has 28 heavy (non-hydrogen) atoms. The van der Waals surface area contributed by atoms with E-state index in [1.54, 1.807) is 23.5 Å². The number of benzene rings is 2. The highest BCUT2D eigenvalue weighted by Crippen LogP contribution is 2.30. The summed E-state index contributed by atoms with van der Waals surface area (Å²) in [4.78, 5) is 20.1. The maximum absolute atomic E-state index is 11.5. The maximum atomic E-state index is 11.5. The maximum Gasteiger partial charge on any atom is 0.356 e. The lowest BCUT2D eigenvalue weighted by atomic mass is 10.2. The van der Waals surface area contributed by atoms with Crippen LogP contribution in [0.4, 0.5) is 10.8 Å². The summed E-state index contributed by atoms with van der Waals surface area (Å²) in [6, 6.07) is 19.4. The van der Waals surface area contributed by atoms with Crippen LogP contribution in [0.5, 0.6) is 0 Å². The number of thiazole rings is 1. The van der Waals surface area contributed by atoms with Gasteiger partial charge in [0.2, 0.25) is 0 Å².